The Labute approximate surface area is 116 Å². The van der Waals surface area contributed by atoms with Crippen LogP contribution in [0.2, 0.25) is 0 Å². The highest BCUT2D eigenvalue weighted by molar-refractivity contribution is 5.94. The topological polar surface area (TPSA) is 37.8 Å². The van der Waals surface area contributed by atoms with Gasteiger partial charge in [0.2, 0.25) is 11.6 Å². The van der Waals surface area contributed by atoms with Crippen molar-refractivity contribution >= 4 is 22.1 Å². The van der Waals surface area contributed by atoms with Crippen molar-refractivity contribution < 1.29 is 17.6 Å². The van der Waals surface area contributed by atoms with E-state index in [2.05, 4.69) is 15.3 Å². The molecule has 2 heterocycles. The number of benzene rings is 1. The number of hydrogen-bond donors (Lipinski definition) is 1. The first-order valence-corrected chi connectivity index (χ1v) is 5.87. The van der Waals surface area contributed by atoms with Gasteiger partial charge in [0.15, 0.2) is 0 Å². The molecular weight excluding hydrogens is 286 g/mol. The summed E-state index contributed by atoms with van der Waals surface area (Å²) in [5, 5.41) is 3.66. The van der Waals surface area contributed by atoms with Crippen LogP contribution in [0.1, 0.15) is 0 Å². The highest BCUT2D eigenvalue weighted by Crippen LogP contribution is 2.29. The summed E-state index contributed by atoms with van der Waals surface area (Å²) in [5.74, 6) is -6.60. The summed E-state index contributed by atoms with van der Waals surface area (Å²) in [6, 6.07) is 6.61. The van der Waals surface area contributed by atoms with Gasteiger partial charge in [-0.1, -0.05) is 12.1 Å². The maximum absolute atomic E-state index is 13.6. The zero-order chi connectivity index (χ0) is 15.0. The Bertz CT molecular complexity index is 804. The lowest BCUT2D eigenvalue weighted by atomic mass is 10.1. The van der Waals surface area contributed by atoms with Gasteiger partial charge in [0.25, 0.3) is 11.9 Å². The minimum absolute atomic E-state index is 0.267. The molecule has 0 aliphatic heterocycles. The van der Waals surface area contributed by atoms with Crippen LogP contribution >= 0.6 is 0 Å². The fraction of sp³-hybridized carbons (Fsp3) is 0. The summed E-state index contributed by atoms with van der Waals surface area (Å²) in [5.41, 5.74) is -0.667. The smallest absolute Gasteiger partial charge is 0.253 e. The van der Waals surface area contributed by atoms with Crippen molar-refractivity contribution in [1.29, 1.82) is 0 Å². The quantitative estimate of drug-likeness (QED) is 0.574. The lowest BCUT2D eigenvalue weighted by molar-refractivity contribution is 0.411. The molecular formula is C14H7F4N3. The molecule has 0 radical (unpaired) electrons. The molecule has 2 aromatic heterocycles. The zero-order valence-corrected chi connectivity index (χ0v) is 10.4. The van der Waals surface area contributed by atoms with Crippen LogP contribution in [-0.2, 0) is 0 Å². The molecule has 1 N–H and O–H groups in total. The van der Waals surface area contributed by atoms with Crippen LogP contribution in [0, 0.1) is 23.5 Å². The molecule has 0 bridgehead atoms. The van der Waals surface area contributed by atoms with Gasteiger partial charge in [-0.05, 0) is 17.5 Å². The number of anilines is 2. The van der Waals surface area contributed by atoms with E-state index in [1.807, 2.05) is 0 Å². The van der Waals surface area contributed by atoms with Crippen molar-refractivity contribution in [2.75, 3.05) is 5.32 Å². The largest absolute Gasteiger partial charge is 0.350 e. The Morgan fingerprint density at radius 3 is 2.33 bits per heavy atom. The standard InChI is InChI=1S/C14H7F4N3/c15-10-12(11(16)14(18)21-13(10)17)20-9-3-1-2-7-4-5-19-6-8(7)9/h1-6H,(H,20,21). The van der Waals surface area contributed by atoms with Gasteiger partial charge in [-0.15, -0.1) is 0 Å². The van der Waals surface area contributed by atoms with Crippen LogP contribution in [0.5, 0.6) is 0 Å². The number of rotatable bonds is 2. The summed E-state index contributed by atoms with van der Waals surface area (Å²) < 4.78 is 53.4. The summed E-state index contributed by atoms with van der Waals surface area (Å²) in [7, 11) is 0. The zero-order valence-electron chi connectivity index (χ0n) is 10.4. The Hall–Kier alpha value is -2.70. The average molecular weight is 293 g/mol. The van der Waals surface area contributed by atoms with Crippen LogP contribution in [0.25, 0.3) is 10.8 Å². The van der Waals surface area contributed by atoms with Gasteiger partial charge >= 0.3 is 0 Å². The number of aromatic nitrogens is 2. The molecule has 0 saturated carbocycles. The molecule has 0 unspecified atom stereocenters. The van der Waals surface area contributed by atoms with Gasteiger partial charge in [0.1, 0.15) is 5.69 Å². The van der Waals surface area contributed by atoms with Crippen molar-refractivity contribution in [3.63, 3.8) is 0 Å². The Morgan fingerprint density at radius 1 is 0.905 bits per heavy atom. The van der Waals surface area contributed by atoms with Crippen LogP contribution < -0.4 is 5.32 Å². The van der Waals surface area contributed by atoms with Crippen molar-refractivity contribution in [3.05, 3.63) is 60.2 Å². The molecule has 3 nitrogen and oxygen atoms in total. The van der Waals surface area contributed by atoms with E-state index >= 15 is 0 Å². The average Bonchev–Trinajstić information content (AvgIpc) is 2.50. The van der Waals surface area contributed by atoms with E-state index in [1.54, 1.807) is 24.4 Å². The first-order chi connectivity index (χ1) is 10.1. The third-order valence-electron chi connectivity index (χ3n) is 2.94. The van der Waals surface area contributed by atoms with E-state index in [9.17, 15) is 17.6 Å². The number of halogens is 4. The van der Waals surface area contributed by atoms with E-state index in [0.717, 1.165) is 5.39 Å². The third kappa shape index (κ3) is 2.26. The molecule has 3 aromatic rings. The van der Waals surface area contributed by atoms with Crippen LogP contribution in [0.15, 0.2) is 36.7 Å². The lowest BCUT2D eigenvalue weighted by Crippen LogP contribution is -2.06. The van der Waals surface area contributed by atoms with Gasteiger partial charge < -0.3 is 5.32 Å². The van der Waals surface area contributed by atoms with E-state index in [1.165, 1.54) is 12.3 Å². The summed E-state index contributed by atoms with van der Waals surface area (Å²) in [6.07, 6.45) is 3.03. The van der Waals surface area contributed by atoms with Crippen molar-refractivity contribution in [1.82, 2.24) is 9.97 Å². The third-order valence-corrected chi connectivity index (χ3v) is 2.94. The predicted octanol–water partition coefficient (Wildman–Crippen LogP) is 3.93. The van der Waals surface area contributed by atoms with Gasteiger partial charge in [0, 0.05) is 23.5 Å². The molecule has 0 saturated heterocycles. The molecule has 0 atom stereocenters. The van der Waals surface area contributed by atoms with Crippen molar-refractivity contribution in [2.24, 2.45) is 0 Å². The summed E-state index contributed by atoms with van der Waals surface area (Å²) >= 11 is 0. The molecule has 7 heteroatoms. The fourth-order valence-electron chi connectivity index (χ4n) is 1.95. The van der Waals surface area contributed by atoms with E-state index in [-0.39, 0.29) is 5.69 Å². The number of fused-ring (bicyclic) bond motifs is 1. The Morgan fingerprint density at radius 2 is 1.62 bits per heavy atom. The van der Waals surface area contributed by atoms with E-state index in [0.29, 0.717) is 5.39 Å². The summed E-state index contributed by atoms with van der Waals surface area (Å²) in [4.78, 5) is 6.41. The monoisotopic (exact) mass is 293 g/mol. The molecule has 21 heavy (non-hydrogen) atoms. The normalized spacial score (nSPS) is 10.9. The molecule has 0 spiro atoms. The predicted molar refractivity (Wildman–Crippen MR) is 69.1 cm³/mol. The number of pyridine rings is 2. The fourth-order valence-corrected chi connectivity index (χ4v) is 1.95. The molecule has 1 aromatic carbocycles. The van der Waals surface area contributed by atoms with Crippen LogP contribution in [0.4, 0.5) is 28.9 Å². The second-order valence-corrected chi connectivity index (χ2v) is 4.22. The second-order valence-electron chi connectivity index (χ2n) is 4.22. The SMILES string of the molecule is Fc1nc(F)c(F)c(Nc2cccc3ccncc23)c1F. The Balaban J connectivity index is 2.16. The summed E-state index contributed by atoms with van der Waals surface area (Å²) in [6.45, 7) is 0. The second kappa shape index (κ2) is 5.01. The molecule has 0 aliphatic rings. The molecule has 0 fully saturated rings. The Kier molecular flexibility index (Phi) is 3.17. The minimum Gasteiger partial charge on any atom is -0.350 e. The first kappa shape index (κ1) is 13.3. The molecule has 0 aliphatic carbocycles. The highest BCUT2D eigenvalue weighted by Gasteiger charge is 2.21. The van der Waals surface area contributed by atoms with Gasteiger partial charge in [-0.25, -0.2) is 0 Å². The minimum atomic E-state index is -1.71. The van der Waals surface area contributed by atoms with Gasteiger partial charge in [-0.3, -0.25) is 4.98 Å². The van der Waals surface area contributed by atoms with Crippen LogP contribution in [-0.4, -0.2) is 9.97 Å². The molecule has 0 amide bonds. The highest BCUT2D eigenvalue weighted by atomic mass is 19.2. The first-order valence-electron chi connectivity index (χ1n) is 5.87. The van der Waals surface area contributed by atoms with E-state index in [4.69, 9.17) is 0 Å². The van der Waals surface area contributed by atoms with Gasteiger partial charge in [0.05, 0.1) is 0 Å². The maximum Gasteiger partial charge on any atom is 0.253 e. The van der Waals surface area contributed by atoms with Crippen molar-refractivity contribution in [2.45, 2.75) is 0 Å². The van der Waals surface area contributed by atoms with E-state index < -0.39 is 29.2 Å². The van der Waals surface area contributed by atoms with Crippen LogP contribution in [0.3, 0.4) is 0 Å². The lowest BCUT2D eigenvalue weighted by Gasteiger charge is -2.11. The van der Waals surface area contributed by atoms with Gasteiger partial charge in [-0.2, -0.15) is 22.5 Å². The van der Waals surface area contributed by atoms with Crippen molar-refractivity contribution in [3.8, 4) is 0 Å². The number of nitrogens with zero attached hydrogens (tertiary/aromatic N) is 2. The number of nitrogens with one attached hydrogen (secondary N) is 1. The maximum atomic E-state index is 13.6. The molecule has 3 rings (SSSR count). The molecule has 106 valence electrons. The number of hydrogen-bond acceptors (Lipinski definition) is 3.